The Balaban J connectivity index is 1.81. The van der Waals surface area contributed by atoms with Gasteiger partial charge in [-0.3, -0.25) is 0 Å². The third-order valence-electron chi connectivity index (χ3n) is 4.17. The lowest BCUT2D eigenvalue weighted by Gasteiger charge is -2.38. The molecule has 0 spiro atoms. The molecule has 1 fully saturated rings. The highest BCUT2D eigenvalue weighted by atomic mass is 16.5. The second-order valence-corrected chi connectivity index (χ2v) is 5.97. The Bertz CT molecular complexity index is 337. The van der Waals surface area contributed by atoms with Gasteiger partial charge in [0.1, 0.15) is 0 Å². The summed E-state index contributed by atoms with van der Waals surface area (Å²) < 4.78 is 5.02. The number of nitrogens with zero attached hydrogens (tertiary/aromatic N) is 2. The van der Waals surface area contributed by atoms with E-state index in [9.17, 15) is 0 Å². The van der Waals surface area contributed by atoms with Crippen molar-refractivity contribution in [1.29, 1.82) is 0 Å². The third kappa shape index (κ3) is 3.55. The van der Waals surface area contributed by atoms with E-state index < -0.39 is 0 Å². The van der Waals surface area contributed by atoms with Crippen LogP contribution in [0.4, 0.5) is 0 Å². The molecule has 4 heteroatoms. The fourth-order valence-corrected chi connectivity index (χ4v) is 3.11. The molecule has 0 saturated heterocycles. The third-order valence-corrected chi connectivity index (χ3v) is 4.17. The number of hydrogen-bond donors (Lipinski definition) is 1. The van der Waals surface area contributed by atoms with E-state index in [1.165, 1.54) is 25.6 Å². The SMILES string of the molecule is CC1CCC(C(C)C)C(NCCc2ncno2)C1. The van der Waals surface area contributed by atoms with Crippen LogP contribution in [0, 0.1) is 17.8 Å². The molecule has 1 aromatic rings. The monoisotopic (exact) mass is 251 g/mol. The summed E-state index contributed by atoms with van der Waals surface area (Å²) in [5.74, 6) is 3.15. The van der Waals surface area contributed by atoms with Gasteiger partial charge in [0, 0.05) is 19.0 Å². The van der Waals surface area contributed by atoms with Gasteiger partial charge in [-0.1, -0.05) is 32.3 Å². The first-order valence-electron chi connectivity index (χ1n) is 7.15. The molecule has 3 unspecified atom stereocenters. The molecule has 0 aliphatic heterocycles. The zero-order valence-corrected chi connectivity index (χ0v) is 11.7. The minimum Gasteiger partial charge on any atom is -0.340 e. The summed E-state index contributed by atoms with van der Waals surface area (Å²) in [5.41, 5.74) is 0. The summed E-state index contributed by atoms with van der Waals surface area (Å²) >= 11 is 0. The van der Waals surface area contributed by atoms with Crippen LogP contribution in [0.1, 0.15) is 45.9 Å². The van der Waals surface area contributed by atoms with Gasteiger partial charge < -0.3 is 9.84 Å². The topological polar surface area (TPSA) is 51.0 Å². The summed E-state index contributed by atoms with van der Waals surface area (Å²) in [4.78, 5) is 4.05. The molecule has 0 aromatic carbocycles. The van der Waals surface area contributed by atoms with Crippen LogP contribution in [0.3, 0.4) is 0 Å². The van der Waals surface area contributed by atoms with Gasteiger partial charge in [0.15, 0.2) is 6.33 Å². The van der Waals surface area contributed by atoms with Crippen molar-refractivity contribution in [1.82, 2.24) is 15.5 Å². The molecule has 1 heterocycles. The van der Waals surface area contributed by atoms with Crippen molar-refractivity contribution in [3.63, 3.8) is 0 Å². The molecular formula is C14H25N3O. The zero-order valence-electron chi connectivity index (χ0n) is 11.7. The Kier molecular flexibility index (Phi) is 4.75. The van der Waals surface area contributed by atoms with Crippen LogP contribution >= 0.6 is 0 Å². The molecule has 1 aromatic heterocycles. The van der Waals surface area contributed by atoms with Crippen molar-refractivity contribution >= 4 is 0 Å². The first kappa shape index (κ1) is 13.5. The zero-order chi connectivity index (χ0) is 13.0. The van der Waals surface area contributed by atoms with Gasteiger partial charge in [-0.25, -0.2) is 0 Å². The van der Waals surface area contributed by atoms with Gasteiger partial charge in [-0.2, -0.15) is 4.98 Å². The summed E-state index contributed by atoms with van der Waals surface area (Å²) in [7, 11) is 0. The minimum atomic E-state index is 0.650. The van der Waals surface area contributed by atoms with Crippen LogP contribution in [0.2, 0.25) is 0 Å². The summed E-state index contributed by atoms with van der Waals surface area (Å²) in [6.45, 7) is 7.98. The minimum absolute atomic E-state index is 0.650. The van der Waals surface area contributed by atoms with E-state index in [-0.39, 0.29) is 0 Å². The van der Waals surface area contributed by atoms with E-state index in [1.807, 2.05) is 0 Å². The number of nitrogens with one attached hydrogen (secondary N) is 1. The Morgan fingerprint density at radius 1 is 1.44 bits per heavy atom. The van der Waals surface area contributed by atoms with Gasteiger partial charge in [0.05, 0.1) is 0 Å². The fraction of sp³-hybridized carbons (Fsp3) is 0.857. The second kappa shape index (κ2) is 6.32. The normalized spacial score (nSPS) is 28.8. The molecule has 2 rings (SSSR count). The van der Waals surface area contributed by atoms with Crippen LogP contribution in [-0.2, 0) is 6.42 Å². The summed E-state index contributed by atoms with van der Waals surface area (Å²) in [5, 5.41) is 7.32. The maximum Gasteiger partial charge on any atom is 0.227 e. The molecule has 0 amide bonds. The quantitative estimate of drug-likeness (QED) is 0.874. The van der Waals surface area contributed by atoms with Crippen molar-refractivity contribution in [3.05, 3.63) is 12.2 Å². The fourth-order valence-electron chi connectivity index (χ4n) is 3.11. The number of hydrogen-bond acceptors (Lipinski definition) is 4. The van der Waals surface area contributed by atoms with Crippen LogP contribution in [-0.4, -0.2) is 22.7 Å². The highest BCUT2D eigenvalue weighted by Gasteiger charge is 2.30. The van der Waals surface area contributed by atoms with Gasteiger partial charge in [0.2, 0.25) is 5.89 Å². The smallest absolute Gasteiger partial charge is 0.227 e. The standard InChI is InChI=1S/C14H25N3O/c1-10(2)12-5-4-11(3)8-13(12)15-7-6-14-16-9-17-18-14/h9-13,15H,4-8H2,1-3H3. The Morgan fingerprint density at radius 3 is 2.94 bits per heavy atom. The molecule has 4 nitrogen and oxygen atoms in total. The first-order valence-corrected chi connectivity index (χ1v) is 7.15. The largest absolute Gasteiger partial charge is 0.340 e. The maximum absolute atomic E-state index is 5.02. The number of aromatic nitrogens is 2. The molecule has 102 valence electrons. The van der Waals surface area contributed by atoms with Crippen molar-refractivity contribution in [2.75, 3.05) is 6.54 Å². The van der Waals surface area contributed by atoms with Crippen molar-refractivity contribution < 1.29 is 4.52 Å². The van der Waals surface area contributed by atoms with Gasteiger partial charge >= 0.3 is 0 Å². The van der Waals surface area contributed by atoms with Crippen LogP contribution in [0.15, 0.2) is 10.9 Å². The van der Waals surface area contributed by atoms with Crippen molar-refractivity contribution in [2.45, 2.75) is 52.5 Å². The summed E-state index contributed by atoms with van der Waals surface area (Å²) in [6, 6.07) is 0.650. The Hall–Kier alpha value is -0.900. The van der Waals surface area contributed by atoms with Crippen LogP contribution < -0.4 is 5.32 Å². The van der Waals surface area contributed by atoms with Gasteiger partial charge in [-0.15, -0.1) is 0 Å². The van der Waals surface area contributed by atoms with Crippen LogP contribution in [0.5, 0.6) is 0 Å². The van der Waals surface area contributed by atoms with Gasteiger partial charge in [0.25, 0.3) is 0 Å². The lowest BCUT2D eigenvalue weighted by atomic mass is 9.74. The lowest BCUT2D eigenvalue weighted by Crippen LogP contribution is -2.43. The van der Waals surface area contributed by atoms with E-state index in [0.29, 0.717) is 6.04 Å². The van der Waals surface area contributed by atoms with E-state index in [2.05, 4.69) is 36.2 Å². The van der Waals surface area contributed by atoms with Crippen molar-refractivity contribution in [3.8, 4) is 0 Å². The van der Waals surface area contributed by atoms with E-state index in [0.717, 1.165) is 36.6 Å². The van der Waals surface area contributed by atoms with E-state index in [4.69, 9.17) is 4.52 Å². The average molecular weight is 251 g/mol. The van der Waals surface area contributed by atoms with Gasteiger partial charge in [-0.05, 0) is 30.6 Å². The van der Waals surface area contributed by atoms with E-state index in [1.54, 1.807) is 0 Å². The first-order chi connectivity index (χ1) is 8.66. The molecule has 1 aliphatic rings. The highest BCUT2D eigenvalue weighted by Crippen LogP contribution is 2.33. The molecule has 1 N–H and O–H groups in total. The molecule has 1 saturated carbocycles. The van der Waals surface area contributed by atoms with Crippen molar-refractivity contribution in [2.24, 2.45) is 17.8 Å². The summed E-state index contributed by atoms with van der Waals surface area (Å²) in [6.07, 6.45) is 6.33. The molecular weight excluding hydrogens is 226 g/mol. The maximum atomic E-state index is 5.02. The predicted molar refractivity (Wildman–Crippen MR) is 71.1 cm³/mol. The molecule has 18 heavy (non-hydrogen) atoms. The molecule has 1 aliphatic carbocycles. The molecule has 0 bridgehead atoms. The number of rotatable bonds is 5. The lowest BCUT2D eigenvalue weighted by molar-refractivity contribution is 0.170. The Morgan fingerprint density at radius 2 is 2.28 bits per heavy atom. The van der Waals surface area contributed by atoms with Crippen LogP contribution in [0.25, 0.3) is 0 Å². The highest BCUT2D eigenvalue weighted by molar-refractivity contribution is 4.86. The second-order valence-electron chi connectivity index (χ2n) is 5.97. The van der Waals surface area contributed by atoms with E-state index >= 15 is 0 Å². The average Bonchev–Trinajstić information content (AvgIpc) is 2.82. The Labute approximate surface area is 110 Å². The molecule has 0 radical (unpaired) electrons. The predicted octanol–water partition coefficient (Wildman–Crippen LogP) is 2.66. The molecule has 3 atom stereocenters.